The number of benzene rings is 1. The van der Waals surface area contributed by atoms with E-state index in [1.165, 1.54) is 18.2 Å². The highest BCUT2D eigenvalue weighted by atomic mass is 31.2. The van der Waals surface area contributed by atoms with E-state index in [1.807, 2.05) is 6.92 Å². The predicted octanol–water partition coefficient (Wildman–Crippen LogP) is 2.44. The van der Waals surface area contributed by atoms with Crippen LogP contribution < -0.4 is 16.0 Å². The fourth-order valence-corrected chi connectivity index (χ4v) is 4.30. The lowest BCUT2D eigenvalue weighted by Crippen LogP contribution is -2.47. The van der Waals surface area contributed by atoms with E-state index >= 15 is 0 Å². The molecule has 2 atom stereocenters. The topological polar surface area (TPSA) is 199 Å². The lowest BCUT2D eigenvalue weighted by Gasteiger charge is -2.29. The molecule has 1 aromatic heterocycles. The molecule has 13 nitrogen and oxygen atoms in total. The normalized spacial score (nSPS) is 12.7. The first-order valence-corrected chi connectivity index (χ1v) is 14.3. The minimum atomic E-state index is -4.37. The van der Waals surface area contributed by atoms with Crippen molar-refractivity contribution in [2.75, 3.05) is 13.0 Å². The molecule has 214 valence electrons. The zero-order valence-electron chi connectivity index (χ0n) is 21.8. The summed E-state index contributed by atoms with van der Waals surface area (Å²) in [6.45, 7) is 3.60. The summed E-state index contributed by atoms with van der Waals surface area (Å²) in [6.07, 6.45) is 2.95. The first-order valence-electron chi connectivity index (χ1n) is 12.5. The minimum Gasteiger partial charge on any atom is -0.451 e. The summed E-state index contributed by atoms with van der Waals surface area (Å²) in [5, 5.41) is 17.7. The summed E-state index contributed by atoms with van der Waals surface area (Å²) in [5.74, 6) is -1.96. The number of carbonyl (C=O) groups excluding carboxylic acids is 4. The first kappa shape index (κ1) is 31.7. The molecular weight excluding hydrogens is 531 g/mol. The van der Waals surface area contributed by atoms with Gasteiger partial charge in [-0.2, -0.15) is 0 Å². The standard InChI is InChI=1S/C25H35N4O9P/c1-3-5-6-7-19(20(4-2)29(34)16-30)24(32)26-14-27-25(33)22-13-12-21(38-22)17-8-10-18(11-9-17)23(31)28-15-39(35,36)37/h8-13,16,19-20,34H,3-7,14-15H2,1-2H3,(H,26,32)(H,27,33)(H,28,31)(H2,35,36,37)/t19?,20-/m1/s1. The number of unbranched alkanes of at least 4 members (excludes halogenated alkanes) is 2. The number of nitrogens with zero attached hydrogens (tertiary/aromatic N) is 1. The van der Waals surface area contributed by atoms with Crippen LogP contribution in [0.15, 0.2) is 40.8 Å². The van der Waals surface area contributed by atoms with Gasteiger partial charge in [0, 0.05) is 11.1 Å². The molecule has 1 unspecified atom stereocenters. The molecule has 0 saturated carbocycles. The van der Waals surface area contributed by atoms with E-state index in [1.54, 1.807) is 25.1 Å². The molecule has 0 aliphatic heterocycles. The van der Waals surface area contributed by atoms with Gasteiger partial charge in [-0.15, -0.1) is 0 Å². The number of hydroxylamine groups is 2. The third-order valence-corrected chi connectivity index (χ3v) is 6.57. The van der Waals surface area contributed by atoms with Crippen molar-refractivity contribution in [3.63, 3.8) is 0 Å². The van der Waals surface area contributed by atoms with E-state index < -0.39 is 43.6 Å². The van der Waals surface area contributed by atoms with Gasteiger partial charge in [0.2, 0.25) is 12.3 Å². The number of hydrogen-bond donors (Lipinski definition) is 6. The second-order valence-electron chi connectivity index (χ2n) is 8.86. The van der Waals surface area contributed by atoms with E-state index in [9.17, 15) is 29.0 Å². The van der Waals surface area contributed by atoms with Crippen molar-refractivity contribution in [2.45, 2.75) is 52.0 Å². The van der Waals surface area contributed by atoms with Gasteiger partial charge in [0.05, 0.1) is 18.6 Å². The highest BCUT2D eigenvalue weighted by molar-refractivity contribution is 7.51. The summed E-state index contributed by atoms with van der Waals surface area (Å²) in [6, 6.07) is 8.32. The Bertz CT molecular complexity index is 1160. The highest BCUT2D eigenvalue weighted by Crippen LogP contribution is 2.32. The van der Waals surface area contributed by atoms with Gasteiger partial charge >= 0.3 is 7.60 Å². The molecule has 0 fully saturated rings. The van der Waals surface area contributed by atoms with Crippen LogP contribution in [-0.2, 0) is 14.2 Å². The molecule has 0 aliphatic rings. The Labute approximate surface area is 226 Å². The molecule has 14 heteroatoms. The van der Waals surface area contributed by atoms with Crippen molar-refractivity contribution >= 4 is 31.7 Å². The molecule has 0 radical (unpaired) electrons. The van der Waals surface area contributed by atoms with Crippen LogP contribution in [0.25, 0.3) is 11.3 Å². The van der Waals surface area contributed by atoms with Gasteiger partial charge in [-0.25, -0.2) is 5.06 Å². The van der Waals surface area contributed by atoms with E-state index in [2.05, 4.69) is 16.0 Å². The predicted molar refractivity (Wildman–Crippen MR) is 140 cm³/mol. The second kappa shape index (κ2) is 15.2. The molecule has 0 aliphatic carbocycles. The summed E-state index contributed by atoms with van der Waals surface area (Å²) in [5.41, 5.74) is 0.737. The van der Waals surface area contributed by atoms with Crippen molar-refractivity contribution in [3.05, 3.63) is 47.7 Å². The summed E-state index contributed by atoms with van der Waals surface area (Å²) in [4.78, 5) is 66.2. The quantitative estimate of drug-likeness (QED) is 0.0441. The Morgan fingerprint density at radius 1 is 1.00 bits per heavy atom. The second-order valence-corrected chi connectivity index (χ2v) is 10.5. The van der Waals surface area contributed by atoms with Gasteiger partial charge in [-0.3, -0.25) is 29.0 Å². The molecule has 2 aromatic rings. The van der Waals surface area contributed by atoms with Gasteiger partial charge in [0.15, 0.2) is 5.76 Å². The maximum absolute atomic E-state index is 12.8. The number of furan rings is 1. The number of amides is 4. The number of hydrogen-bond acceptors (Lipinski definition) is 7. The molecule has 6 N–H and O–H groups in total. The van der Waals surface area contributed by atoms with Gasteiger partial charge in [0.1, 0.15) is 12.0 Å². The maximum Gasteiger partial charge on any atom is 0.344 e. The van der Waals surface area contributed by atoms with Crippen LogP contribution in [0.1, 0.15) is 66.9 Å². The third kappa shape index (κ3) is 9.95. The van der Waals surface area contributed by atoms with Crippen LogP contribution in [-0.4, -0.2) is 63.2 Å². The van der Waals surface area contributed by atoms with Crippen molar-refractivity contribution in [1.82, 2.24) is 21.0 Å². The zero-order chi connectivity index (χ0) is 29.0. The first-order chi connectivity index (χ1) is 18.5. The van der Waals surface area contributed by atoms with Crippen LogP contribution in [0.3, 0.4) is 0 Å². The van der Waals surface area contributed by atoms with E-state index in [0.29, 0.717) is 29.2 Å². The molecule has 4 amide bonds. The van der Waals surface area contributed by atoms with E-state index in [4.69, 9.17) is 14.2 Å². The van der Waals surface area contributed by atoms with Gasteiger partial charge in [-0.1, -0.05) is 45.2 Å². The van der Waals surface area contributed by atoms with Crippen molar-refractivity contribution in [3.8, 4) is 11.3 Å². The largest absolute Gasteiger partial charge is 0.451 e. The lowest BCUT2D eigenvalue weighted by atomic mass is 9.90. The SMILES string of the molecule is CCCCCC(C(=O)NCNC(=O)c1ccc(-c2ccc(C(=O)NCP(=O)(O)O)cc2)o1)[C@@H](CC)N(O)C=O. The highest BCUT2D eigenvalue weighted by Gasteiger charge is 2.30. The Kier molecular flexibility index (Phi) is 12.3. The zero-order valence-corrected chi connectivity index (χ0v) is 22.7. The fourth-order valence-electron chi connectivity index (χ4n) is 3.95. The number of carbonyl (C=O) groups is 4. The van der Waals surface area contributed by atoms with E-state index in [-0.39, 0.29) is 24.4 Å². The van der Waals surface area contributed by atoms with Crippen molar-refractivity contribution in [1.29, 1.82) is 0 Å². The monoisotopic (exact) mass is 566 g/mol. The number of nitrogens with one attached hydrogen (secondary N) is 3. The van der Waals surface area contributed by atoms with Crippen LogP contribution in [0.2, 0.25) is 0 Å². The Morgan fingerprint density at radius 3 is 2.28 bits per heavy atom. The molecule has 2 rings (SSSR count). The van der Waals surface area contributed by atoms with Crippen LogP contribution >= 0.6 is 7.60 Å². The molecular formula is C25H35N4O9P. The summed E-state index contributed by atoms with van der Waals surface area (Å²) >= 11 is 0. The van der Waals surface area contributed by atoms with Crippen molar-refractivity contribution < 1.29 is 43.2 Å². The Hall–Kier alpha value is -3.51. The van der Waals surface area contributed by atoms with Gasteiger partial charge < -0.3 is 30.2 Å². The average molecular weight is 567 g/mol. The van der Waals surface area contributed by atoms with Gasteiger partial charge in [-0.05, 0) is 37.1 Å². The molecule has 39 heavy (non-hydrogen) atoms. The maximum atomic E-state index is 12.8. The average Bonchev–Trinajstić information content (AvgIpc) is 3.41. The van der Waals surface area contributed by atoms with Gasteiger partial charge in [0.25, 0.3) is 11.8 Å². The summed E-state index contributed by atoms with van der Waals surface area (Å²) < 4.78 is 16.5. The number of rotatable bonds is 16. The molecule has 0 saturated heterocycles. The smallest absolute Gasteiger partial charge is 0.344 e. The Balaban J connectivity index is 1.95. The van der Waals surface area contributed by atoms with Crippen LogP contribution in [0.5, 0.6) is 0 Å². The molecule has 1 heterocycles. The van der Waals surface area contributed by atoms with E-state index in [0.717, 1.165) is 19.3 Å². The fraction of sp³-hybridized carbons (Fsp3) is 0.440. The molecule has 0 bridgehead atoms. The molecule has 0 spiro atoms. The third-order valence-electron chi connectivity index (χ3n) is 6.00. The Morgan fingerprint density at radius 2 is 1.69 bits per heavy atom. The minimum absolute atomic E-state index is 0.0175. The van der Waals surface area contributed by atoms with Crippen LogP contribution in [0.4, 0.5) is 0 Å². The summed E-state index contributed by atoms with van der Waals surface area (Å²) in [7, 11) is -4.37. The molecule has 1 aromatic carbocycles. The lowest BCUT2D eigenvalue weighted by molar-refractivity contribution is -0.168. The van der Waals surface area contributed by atoms with Crippen molar-refractivity contribution in [2.24, 2.45) is 5.92 Å². The van der Waals surface area contributed by atoms with Crippen LogP contribution in [0, 0.1) is 5.92 Å².